The molecular formula is C22H23FN4O3. The average Bonchev–Trinajstić information content (AvgIpc) is 3.18. The van der Waals surface area contributed by atoms with Gasteiger partial charge >= 0.3 is 0 Å². The van der Waals surface area contributed by atoms with Gasteiger partial charge in [-0.2, -0.15) is 0 Å². The number of carbonyl (C=O) groups excluding carboxylic acids is 2. The van der Waals surface area contributed by atoms with Crippen LogP contribution in [0, 0.1) is 5.82 Å². The quantitative estimate of drug-likeness (QED) is 0.545. The van der Waals surface area contributed by atoms with E-state index in [9.17, 15) is 14.0 Å². The SMILES string of the molecule is CCc1nnc(CN(C(=O)c2cc(F)cc(-c3ccc(C(C)=O)cn3)c2)C(C)C)o1. The molecule has 0 bridgehead atoms. The summed E-state index contributed by atoms with van der Waals surface area (Å²) in [7, 11) is 0. The zero-order valence-corrected chi connectivity index (χ0v) is 17.3. The molecule has 1 amide bonds. The third-order valence-electron chi connectivity index (χ3n) is 4.61. The molecule has 0 unspecified atom stereocenters. The number of pyridine rings is 1. The second-order valence-corrected chi connectivity index (χ2v) is 7.19. The van der Waals surface area contributed by atoms with Crippen molar-refractivity contribution in [2.24, 2.45) is 0 Å². The summed E-state index contributed by atoms with van der Waals surface area (Å²) >= 11 is 0. The van der Waals surface area contributed by atoms with Gasteiger partial charge in [0.05, 0.1) is 12.2 Å². The maximum absolute atomic E-state index is 14.3. The van der Waals surface area contributed by atoms with Gasteiger partial charge in [-0.3, -0.25) is 14.6 Å². The number of carbonyl (C=O) groups is 2. The van der Waals surface area contributed by atoms with E-state index in [-0.39, 0.29) is 29.8 Å². The molecule has 0 radical (unpaired) electrons. The Balaban J connectivity index is 1.90. The molecule has 0 saturated heterocycles. The van der Waals surface area contributed by atoms with Crippen LogP contribution in [0.5, 0.6) is 0 Å². The van der Waals surface area contributed by atoms with Gasteiger partial charge in [-0.1, -0.05) is 6.92 Å². The van der Waals surface area contributed by atoms with Crippen LogP contribution in [-0.2, 0) is 13.0 Å². The van der Waals surface area contributed by atoms with Crippen LogP contribution < -0.4 is 0 Å². The van der Waals surface area contributed by atoms with E-state index in [1.54, 1.807) is 18.2 Å². The number of nitrogens with zero attached hydrogens (tertiary/aromatic N) is 4. The minimum Gasteiger partial charge on any atom is -0.423 e. The van der Waals surface area contributed by atoms with E-state index in [0.717, 1.165) is 0 Å². The van der Waals surface area contributed by atoms with Crippen molar-refractivity contribution in [3.8, 4) is 11.3 Å². The molecule has 0 aliphatic rings. The van der Waals surface area contributed by atoms with E-state index in [1.165, 1.54) is 30.2 Å². The van der Waals surface area contributed by atoms with Crippen molar-refractivity contribution in [2.75, 3.05) is 0 Å². The van der Waals surface area contributed by atoms with Gasteiger partial charge in [0.25, 0.3) is 5.91 Å². The van der Waals surface area contributed by atoms with Crippen LogP contribution in [0.1, 0.15) is 60.2 Å². The molecule has 8 heteroatoms. The van der Waals surface area contributed by atoms with Crippen molar-refractivity contribution in [2.45, 2.75) is 46.7 Å². The van der Waals surface area contributed by atoms with E-state index in [0.29, 0.717) is 35.0 Å². The van der Waals surface area contributed by atoms with Crippen molar-refractivity contribution in [3.63, 3.8) is 0 Å². The molecule has 1 aromatic carbocycles. The highest BCUT2D eigenvalue weighted by Crippen LogP contribution is 2.23. The topological polar surface area (TPSA) is 89.2 Å². The first kappa shape index (κ1) is 21.3. The van der Waals surface area contributed by atoms with Crippen LogP contribution in [0.2, 0.25) is 0 Å². The minimum absolute atomic E-state index is 0.107. The molecule has 3 rings (SSSR count). The Hall–Kier alpha value is -3.42. The lowest BCUT2D eigenvalue weighted by Crippen LogP contribution is -2.36. The highest BCUT2D eigenvalue weighted by Gasteiger charge is 2.23. The van der Waals surface area contributed by atoms with Gasteiger partial charge in [-0.05, 0) is 51.1 Å². The number of aryl methyl sites for hydroxylation is 1. The summed E-state index contributed by atoms with van der Waals surface area (Å²) in [6.07, 6.45) is 2.04. The van der Waals surface area contributed by atoms with E-state index >= 15 is 0 Å². The number of Topliss-reactive ketones (excluding diaryl/α,β-unsaturated/α-hetero) is 1. The highest BCUT2D eigenvalue weighted by molar-refractivity contribution is 5.96. The van der Waals surface area contributed by atoms with Crippen molar-refractivity contribution in [3.05, 3.63) is 65.3 Å². The maximum Gasteiger partial charge on any atom is 0.254 e. The fourth-order valence-corrected chi connectivity index (χ4v) is 2.93. The van der Waals surface area contributed by atoms with Gasteiger partial charge in [0.15, 0.2) is 5.78 Å². The largest absolute Gasteiger partial charge is 0.423 e. The number of hydrogen-bond acceptors (Lipinski definition) is 6. The lowest BCUT2D eigenvalue weighted by molar-refractivity contribution is 0.0670. The summed E-state index contributed by atoms with van der Waals surface area (Å²) in [5.74, 6) is -0.198. The number of amides is 1. The maximum atomic E-state index is 14.3. The van der Waals surface area contributed by atoms with Crippen molar-refractivity contribution in [1.82, 2.24) is 20.1 Å². The number of halogens is 1. The molecular weight excluding hydrogens is 387 g/mol. The number of aromatic nitrogens is 3. The van der Waals surface area contributed by atoms with Gasteiger partial charge in [-0.15, -0.1) is 10.2 Å². The van der Waals surface area contributed by atoms with Crippen molar-refractivity contribution < 1.29 is 18.4 Å². The molecule has 0 aliphatic heterocycles. The Kier molecular flexibility index (Phi) is 6.34. The number of ketones is 1. The predicted molar refractivity (Wildman–Crippen MR) is 108 cm³/mol. The zero-order chi connectivity index (χ0) is 21.8. The summed E-state index contributed by atoms with van der Waals surface area (Å²) in [4.78, 5) is 30.3. The van der Waals surface area contributed by atoms with Gasteiger partial charge in [0, 0.05) is 35.3 Å². The first-order chi connectivity index (χ1) is 14.3. The second kappa shape index (κ2) is 8.94. The Morgan fingerprint density at radius 2 is 1.83 bits per heavy atom. The van der Waals surface area contributed by atoms with Gasteiger partial charge < -0.3 is 9.32 Å². The summed E-state index contributed by atoms with van der Waals surface area (Å²) < 4.78 is 19.8. The molecule has 2 aromatic heterocycles. The molecule has 0 fully saturated rings. The summed E-state index contributed by atoms with van der Waals surface area (Å²) in [6.45, 7) is 7.19. The van der Waals surface area contributed by atoms with Gasteiger partial charge in [-0.25, -0.2) is 4.39 Å². The van der Waals surface area contributed by atoms with Crippen LogP contribution in [0.25, 0.3) is 11.3 Å². The number of rotatable bonds is 7. The average molecular weight is 410 g/mol. The summed E-state index contributed by atoms with van der Waals surface area (Å²) in [5.41, 5.74) is 1.56. The Morgan fingerprint density at radius 1 is 1.10 bits per heavy atom. The third-order valence-corrected chi connectivity index (χ3v) is 4.61. The monoisotopic (exact) mass is 410 g/mol. The molecule has 7 nitrogen and oxygen atoms in total. The molecule has 0 aliphatic carbocycles. The fourth-order valence-electron chi connectivity index (χ4n) is 2.93. The first-order valence-electron chi connectivity index (χ1n) is 9.68. The van der Waals surface area contributed by atoms with Gasteiger partial charge in [0.2, 0.25) is 11.8 Å². The zero-order valence-electron chi connectivity index (χ0n) is 17.3. The van der Waals surface area contributed by atoms with Crippen LogP contribution in [0.15, 0.2) is 40.9 Å². The minimum atomic E-state index is -0.553. The molecule has 156 valence electrons. The molecule has 0 N–H and O–H groups in total. The number of benzene rings is 1. The van der Waals surface area contributed by atoms with Crippen molar-refractivity contribution in [1.29, 1.82) is 0 Å². The molecule has 2 heterocycles. The van der Waals surface area contributed by atoms with E-state index < -0.39 is 5.82 Å². The Labute approximate surface area is 174 Å². The fraction of sp³-hybridized carbons (Fsp3) is 0.318. The third kappa shape index (κ3) is 4.76. The van der Waals surface area contributed by atoms with Crippen LogP contribution >= 0.6 is 0 Å². The van der Waals surface area contributed by atoms with Crippen LogP contribution in [-0.4, -0.2) is 37.8 Å². The van der Waals surface area contributed by atoms with E-state index in [2.05, 4.69) is 15.2 Å². The summed E-state index contributed by atoms with van der Waals surface area (Å²) in [6, 6.07) is 7.16. The second-order valence-electron chi connectivity index (χ2n) is 7.19. The standard InChI is InChI=1S/C22H23FN4O3/c1-5-20-25-26-21(30-20)12-27(13(2)3)22(29)17-8-16(9-18(23)10-17)19-7-6-15(11-24-19)14(4)28/h6-11,13H,5,12H2,1-4H3. The van der Waals surface area contributed by atoms with Crippen LogP contribution in [0.4, 0.5) is 4.39 Å². The smallest absolute Gasteiger partial charge is 0.254 e. The molecule has 0 atom stereocenters. The Bertz CT molecular complexity index is 1060. The number of hydrogen-bond donors (Lipinski definition) is 0. The van der Waals surface area contributed by atoms with Gasteiger partial charge in [0.1, 0.15) is 5.82 Å². The molecule has 0 saturated carbocycles. The van der Waals surface area contributed by atoms with E-state index in [4.69, 9.17) is 4.42 Å². The predicted octanol–water partition coefficient (Wildman–Crippen LogP) is 4.09. The lowest BCUT2D eigenvalue weighted by Gasteiger charge is -2.25. The Morgan fingerprint density at radius 3 is 2.40 bits per heavy atom. The van der Waals surface area contributed by atoms with E-state index in [1.807, 2.05) is 20.8 Å². The highest BCUT2D eigenvalue weighted by atomic mass is 19.1. The normalized spacial score (nSPS) is 11.0. The molecule has 3 aromatic rings. The first-order valence-corrected chi connectivity index (χ1v) is 9.68. The lowest BCUT2D eigenvalue weighted by atomic mass is 10.0. The van der Waals surface area contributed by atoms with Crippen LogP contribution in [0.3, 0.4) is 0 Å². The molecule has 0 spiro atoms. The summed E-state index contributed by atoms with van der Waals surface area (Å²) in [5, 5.41) is 7.89. The van der Waals surface area contributed by atoms with Crippen molar-refractivity contribution >= 4 is 11.7 Å². The molecule has 30 heavy (non-hydrogen) atoms.